The van der Waals surface area contributed by atoms with Gasteiger partial charge in [0.25, 0.3) is 0 Å². The normalized spacial score (nSPS) is 22.8. The number of epoxide rings is 1. The highest BCUT2D eigenvalue weighted by Gasteiger charge is 2.35. The smallest absolute Gasteiger partial charge is 0.335 e. The van der Waals surface area contributed by atoms with Crippen LogP contribution in [-0.2, 0) is 9.53 Å². The standard InChI is InChI=1S/C21H34O4/c1-3-4-12-15-18-19(25-18)16-13-10-8-6-5-7-9-11-14-17-21(2,24)20(22)23/h5-6,9,11,13,16,18-19,24H,3-4,7-8,10,12,14-15,17H2,1-2H3,(H,22,23)/t18-,19-,21+/m0/s1. The van der Waals surface area contributed by atoms with Crippen molar-refractivity contribution < 1.29 is 19.7 Å². The van der Waals surface area contributed by atoms with E-state index in [9.17, 15) is 9.90 Å². The molecule has 25 heavy (non-hydrogen) atoms. The van der Waals surface area contributed by atoms with E-state index in [-0.39, 0.29) is 6.42 Å². The van der Waals surface area contributed by atoms with E-state index in [4.69, 9.17) is 9.84 Å². The van der Waals surface area contributed by atoms with E-state index >= 15 is 0 Å². The summed E-state index contributed by atoms with van der Waals surface area (Å²) in [4.78, 5) is 10.7. The molecule has 1 saturated heterocycles. The molecular weight excluding hydrogens is 316 g/mol. The summed E-state index contributed by atoms with van der Waals surface area (Å²) < 4.78 is 5.62. The molecule has 0 amide bonds. The maximum absolute atomic E-state index is 10.7. The van der Waals surface area contributed by atoms with Crippen LogP contribution in [0.15, 0.2) is 36.5 Å². The number of aliphatic hydroxyl groups is 1. The first-order chi connectivity index (χ1) is 12.0. The monoisotopic (exact) mass is 350 g/mol. The molecule has 0 radical (unpaired) electrons. The average molecular weight is 350 g/mol. The minimum absolute atomic E-state index is 0.232. The lowest BCUT2D eigenvalue weighted by Crippen LogP contribution is -2.34. The van der Waals surface area contributed by atoms with Crippen LogP contribution in [0, 0.1) is 0 Å². The van der Waals surface area contributed by atoms with Gasteiger partial charge in [0, 0.05) is 0 Å². The molecule has 0 aromatic carbocycles. The SMILES string of the molecule is CCCCC[C@@H]1O[C@H]1C=CCCC=CCC=CCC[C@@](C)(O)C(=O)O. The Kier molecular flexibility index (Phi) is 10.4. The van der Waals surface area contributed by atoms with Gasteiger partial charge in [0.05, 0.1) is 6.10 Å². The lowest BCUT2D eigenvalue weighted by Gasteiger charge is -2.15. The van der Waals surface area contributed by atoms with Gasteiger partial charge in [-0.15, -0.1) is 0 Å². The van der Waals surface area contributed by atoms with Crippen molar-refractivity contribution in [1.29, 1.82) is 0 Å². The molecule has 1 aliphatic rings. The summed E-state index contributed by atoms with van der Waals surface area (Å²) in [7, 11) is 0. The summed E-state index contributed by atoms with van der Waals surface area (Å²) in [5, 5.41) is 18.4. The first-order valence-corrected chi connectivity index (χ1v) is 9.55. The van der Waals surface area contributed by atoms with Gasteiger partial charge in [0.2, 0.25) is 0 Å². The number of unbranched alkanes of at least 4 members (excludes halogenated alkanes) is 3. The Balaban J connectivity index is 1.98. The molecule has 0 unspecified atom stereocenters. The number of allylic oxidation sites excluding steroid dienone is 5. The zero-order valence-electron chi connectivity index (χ0n) is 15.7. The zero-order chi connectivity index (χ0) is 18.5. The second kappa shape index (κ2) is 12.0. The van der Waals surface area contributed by atoms with Crippen LogP contribution >= 0.6 is 0 Å². The number of hydrogen-bond donors (Lipinski definition) is 2. The second-order valence-electron chi connectivity index (χ2n) is 6.94. The summed E-state index contributed by atoms with van der Waals surface area (Å²) in [6, 6.07) is 0. The van der Waals surface area contributed by atoms with Crippen LogP contribution in [0.2, 0.25) is 0 Å². The van der Waals surface area contributed by atoms with Gasteiger partial charge in [0.1, 0.15) is 6.10 Å². The van der Waals surface area contributed by atoms with Gasteiger partial charge in [-0.05, 0) is 45.4 Å². The predicted molar refractivity (Wildman–Crippen MR) is 102 cm³/mol. The van der Waals surface area contributed by atoms with E-state index in [2.05, 4.69) is 31.2 Å². The number of rotatable bonds is 14. The highest BCUT2D eigenvalue weighted by molar-refractivity contribution is 5.76. The van der Waals surface area contributed by atoms with Gasteiger partial charge in [-0.1, -0.05) is 62.6 Å². The first-order valence-electron chi connectivity index (χ1n) is 9.55. The van der Waals surface area contributed by atoms with Crippen molar-refractivity contribution in [3.63, 3.8) is 0 Å². The molecule has 2 N–H and O–H groups in total. The second-order valence-corrected chi connectivity index (χ2v) is 6.94. The summed E-state index contributed by atoms with van der Waals surface area (Å²) >= 11 is 0. The molecule has 0 aliphatic carbocycles. The van der Waals surface area contributed by atoms with Crippen molar-refractivity contribution in [2.24, 2.45) is 0 Å². The average Bonchev–Trinajstić information content (AvgIpc) is 3.31. The molecule has 4 heteroatoms. The summed E-state index contributed by atoms with van der Waals surface area (Å²) in [5.41, 5.74) is -1.63. The van der Waals surface area contributed by atoms with Crippen LogP contribution in [0.5, 0.6) is 0 Å². The minimum atomic E-state index is -1.63. The number of carboxylic acids is 1. The molecule has 1 fully saturated rings. The summed E-state index contributed by atoms with van der Waals surface area (Å²) in [6.45, 7) is 3.55. The Labute approximate surface area is 152 Å². The minimum Gasteiger partial charge on any atom is -0.479 e. The van der Waals surface area contributed by atoms with E-state index in [0.29, 0.717) is 18.6 Å². The lowest BCUT2D eigenvalue weighted by molar-refractivity contribution is -0.157. The maximum Gasteiger partial charge on any atom is 0.335 e. The third-order valence-corrected chi connectivity index (χ3v) is 4.40. The van der Waals surface area contributed by atoms with Crippen molar-refractivity contribution in [2.75, 3.05) is 0 Å². The van der Waals surface area contributed by atoms with Crippen LogP contribution in [0.25, 0.3) is 0 Å². The third-order valence-electron chi connectivity index (χ3n) is 4.40. The molecule has 0 aromatic heterocycles. The number of hydrogen-bond acceptors (Lipinski definition) is 3. The summed E-state index contributed by atoms with van der Waals surface area (Å²) in [5.74, 6) is -1.17. The highest BCUT2D eigenvalue weighted by atomic mass is 16.6. The maximum atomic E-state index is 10.7. The van der Waals surface area contributed by atoms with Gasteiger partial charge >= 0.3 is 5.97 Å². The fourth-order valence-corrected chi connectivity index (χ4v) is 2.55. The Morgan fingerprint density at radius 3 is 2.44 bits per heavy atom. The van der Waals surface area contributed by atoms with E-state index in [1.165, 1.54) is 32.6 Å². The Bertz CT molecular complexity index is 463. The van der Waals surface area contributed by atoms with E-state index in [1.807, 2.05) is 12.2 Å². The molecule has 1 rings (SSSR count). The van der Waals surface area contributed by atoms with Gasteiger partial charge in [0.15, 0.2) is 5.60 Å². The van der Waals surface area contributed by atoms with E-state index in [1.54, 1.807) is 0 Å². The molecule has 0 saturated carbocycles. The largest absolute Gasteiger partial charge is 0.479 e. The Hall–Kier alpha value is -1.39. The molecule has 4 nitrogen and oxygen atoms in total. The molecule has 3 atom stereocenters. The topological polar surface area (TPSA) is 70.1 Å². The van der Waals surface area contributed by atoms with Gasteiger partial charge in [-0.2, -0.15) is 0 Å². The van der Waals surface area contributed by atoms with Gasteiger partial charge in [-0.3, -0.25) is 0 Å². The molecule has 1 aliphatic heterocycles. The number of carbonyl (C=O) groups is 1. The molecule has 0 bridgehead atoms. The van der Waals surface area contributed by atoms with Gasteiger partial charge < -0.3 is 14.9 Å². The van der Waals surface area contributed by atoms with Crippen LogP contribution < -0.4 is 0 Å². The highest BCUT2D eigenvalue weighted by Crippen LogP contribution is 2.28. The van der Waals surface area contributed by atoms with Gasteiger partial charge in [-0.25, -0.2) is 4.79 Å². The zero-order valence-corrected chi connectivity index (χ0v) is 15.7. The quantitative estimate of drug-likeness (QED) is 0.268. The van der Waals surface area contributed by atoms with Crippen molar-refractivity contribution in [1.82, 2.24) is 0 Å². The van der Waals surface area contributed by atoms with Crippen LogP contribution in [0.1, 0.15) is 71.6 Å². The lowest BCUT2D eigenvalue weighted by atomic mass is 10.0. The molecule has 0 aromatic rings. The van der Waals surface area contributed by atoms with E-state index < -0.39 is 11.6 Å². The predicted octanol–water partition coefficient (Wildman–Crippen LogP) is 4.79. The number of ether oxygens (including phenoxy) is 1. The van der Waals surface area contributed by atoms with Crippen molar-refractivity contribution in [3.8, 4) is 0 Å². The van der Waals surface area contributed by atoms with E-state index in [0.717, 1.165) is 19.3 Å². The fraction of sp³-hybridized carbons (Fsp3) is 0.667. The molecular formula is C21H34O4. The first kappa shape index (κ1) is 21.7. The molecule has 0 spiro atoms. The Morgan fingerprint density at radius 2 is 1.76 bits per heavy atom. The van der Waals surface area contributed by atoms with Crippen LogP contribution in [-0.4, -0.2) is 34.0 Å². The van der Waals surface area contributed by atoms with Crippen molar-refractivity contribution in [3.05, 3.63) is 36.5 Å². The summed E-state index contributed by atoms with van der Waals surface area (Å²) in [6.07, 6.45) is 22.1. The number of carboxylic acid groups (broad SMARTS) is 1. The van der Waals surface area contributed by atoms with Crippen molar-refractivity contribution in [2.45, 2.75) is 89.4 Å². The molecule has 1 heterocycles. The third kappa shape index (κ3) is 10.3. The van der Waals surface area contributed by atoms with Crippen LogP contribution in [0.4, 0.5) is 0 Å². The van der Waals surface area contributed by atoms with Crippen molar-refractivity contribution >= 4 is 5.97 Å². The fourth-order valence-electron chi connectivity index (χ4n) is 2.55. The molecule has 142 valence electrons. The van der Waals surface area contributed by atoms with Crippen LogP contribution in [0.3, 0.4) is 0 Å². The number of aliphatic carboxylic acids is 1. The Morgan fingerprint density at radius 1 is 1.08 bits per heavy atom.